The number of hydrogen-bond acceptors (Lipinski definition) is 2. The number of aromatic nitrogens is 3. The van der Waals surface area contributed by atoms with Gasteiger partial charge >= 0.3 is 0 Å². The molecular weight excluding hydrogens is 349 g/mol. The van der Waals surface area contributed by atoms with Crippen molar-refractivity contribution in [1.82, 2.24) is 14.8 Å². The van der Waals surface area contributed by atoms with E-state index in [-0.39, 0.29) is 0 Å². The Morgan fingerprint density at radius 2 is 1.79 bits per heavy atom. The number of nitrogens with zero attached hydrogens (tertiary/aromatic N) is 3. The van der Waals surface area contributed by atoms with Gasteiger partial charge in [0.2, 0.25) is 0 Å². The molecule has 1 aromatic carbocycles. The van der Waals surface area contributed by atoms with Gasteiger partial charge in [-0.25, -0.2) is 0 Å². The van der Waals surface area contributed by atoms with Crippen LogP contribution in [-0.4, -0.2) is 14.8 Å². The molecule has 0 aliphatic carbocycles. The molecule has 19 heavy (non-hydrogen) atoms. The van der Waals surface area contributed by atoms with Crippen molar-refractivity contribution in [3.8, 4) is 11.1 Å². The number of halogens is 1. The van der Waals surface area contributed by atoms with Crippen molar-refractivity contribution >= 4 is 22.6 Å². The van der Waals surface area contributed by atoms with Gasteiger partial charge < -0.3 is 0 Å². The number of benzene rings is 1. The second kappa shape index (κ2) is 5.52. The molecule has 0 aliphatic rings. The molecule has 2 heterocycles. The summed E-state index contributed by atoms with van der Waals surface area (Å²) in [6, 6.07) is 16.2. The Morgan fingerprint density at radius 3 is 2.53 bits per heavy atom. The number of pyridine rings is 1. The normalized spacial score (nSPS) is 10.6. The van der Waals surface area contributed by atoms with Crippen LogP contribution in [0.3, 0.4) is 0 Å². The lowest BCUT2D eigenvalue weighted by Gasteiger charge is -1.99. The molecule has 0 bridgehead atoms. The fourth-order valence-electron chi connectivity index (χ4n) is 1.95. The summed E-state index contributed by atoms with van der Waals surface area (Å²) < 4.78 is 2.95. The standard InChI is InChI=1S/C15H12IN3/c16-15-14(12-6-2-1-3-7-12)11-19(18-15)10-13-8-4-5-9-17-13/h1-9,11H,10H2. The van der Waals surface area contributed by atoms with E-state index in [0.29, 0.717) is 6.54 Å². The van der Waals surface area contributed by atoms with E-state index < -0.39 is 0 Å². The first kappa shape index (κ1) is 12.3. The summed E-state index contributed by atoms with van der Waals surface area (Å²) >= 11 is 2.28. The average Bonchev–Trinajstić information content (AvgIpc) is 2.82. The van der Waals surface area contributed by atoms with E-state index in [0.717, 1.165) is 15.0 Å². The second-order valence-electron chi connectivity index (χ2n) is 4.22. The van der Waals surface area contributed by atoms with Gasteiger partial charge in [-0.15, -0.1) is 0 Å². The van der Waals surface area contributed by atoms with E-state index in [2.05, 4.69) is 51.0 Å². The first-order valence-electron chi connectivity index (χ1n) is 6.01. The molecule has 94 valence electrons. The summed E-state index contributed by atoms with van der Waals surface area (Å²) in [4.78, 5) is 4.32. The summed E-state index contributed by atoms with van der Waals surface area (Å²) in [6.07, 6.45) is 3.88. The molecule has 0 saturated heterocycles. The minimum Gasteiger partial charge on any atom is -0.265 e. The van der Waals surface area contributed by atoms with E-state index in [1.165, 1.54) is 5.56 Å². The Bertz CT molecular complexity index is 662. The van der Waals surface area contributed by atoms with Gasteiger partial charge in [-0.3, -0.25) is 9.67 Å². The van der Waals surface area contributed by atoms with Gasteiger partial charge in [0, 0.05) is 18.0 Å². The zero-order valence-electron chi connectivity index (χ0n) is 10.2. The molecule has 0 fully saturated rings. The molecule has 0 aliphatic heterocycles. The Labute approximate surface area is 125 Å². The highest BCUT2D eigenvalue weighted by molar-refractivity contribution is 14.1. The van der Waals surface area contributed by atoms with Gasteiger partial charge in [0.05, 0.1) is 12.2 Å². The van der Waals surface area contributed by atoms with Gasteiger partial charge in [0.15, 0.2) is 0 Å². The van der Waals surface area contributed by atoms with E-state index in [9.17, 15) is 0 Å². The third-order valence-electron chi connectivity index (χ3n) is 2.85. The summed E-state index contributed by atoms with van der Waals surface area (Å²) in [7, 11) is 0. The molecule has 3 nitrogen and oxygen atoms in total. The van der Waals surface area contributed by atoms with Crippen LogP contribution in [0.25, 0.3) is 11.1 Å². The lowest BCUT2D eigenvalue weighted by Crippen LogP contribution is -2.01. The maximum absolute atomic E-state index is 4.55. The van der Waals surface area contributed by atoms with Gasteiger partial charge in [-0.05, 0) is 40.3 Å². The van der Waals surface area contributed by atoms with Crippen LogP contribution < -0.4 is 0 Å². The van der Waals surface area contributed by atoms with Crippen molar-refractivity contribution in [2.24, 2.45) is 0 Å². The molecule has 0 unspecified atom stereocenters. The highest BCUT2D eigenvalue weighted by Gasteiger charge is 2.08. The first-order valence-corrected chi connectivity index (χ1v) is 7.09. The topological polar surface area (TPSA) is 30.7 Å². The number of hydrogen-bond donors (Lipinski definition) is 0. The van der Waals surface area contributed by atoms with Gasteiger partial charge in [-0.2, -0.15) is 5.10 Å². The molecule has 4 heteroatoms. The highest BCUT2D eigenvalue weighted by Crippen LogP contribution is 2.24. The largest absolute Gasteiger partial charge is 0.265 e. The van der Waals surface area contributed by atoms with Crippen LogP contribution in [0, 0.1) is 3.70 Å². The molecule has 0 saturated carbocycles. The summed E-state index contributed by atoms with van der Waals surface area (Å²) in [5.41, 5.74) is 3.37. The minimum atomic E-state index is 0.698. The Morgan fingerprint density at radius 1 is 1.00 bits per heavy atom. The molecule has 0 atom stereocenters. The molecule has 3 aromatic rings. The van der Waals surface area contributed by atoms with Gasteiger partial charge in [0.1, 0.15) is 3.70 Å². The second-order valence-corrected chi connectivity index (χ2v) is 5.24. The van der Waals surface area contributed by atoms with Crippen molar-refractivity contribution in [2.75, 3.05) is 0 Å². The van der Waals surface area contributed by atoms with Crippen molar-refractivity contribution in [1.29, 1.82) is 0 Å². The summed E-state index contributed by atoms with van der Waals surface area (Å²) in [5.74, 6) is 0. The van der Waals surface area contributed by atoms with Crippen LogP contribution in [0.2, 0.25) is 0 Å². The third-order valence-corrected chi connectivity index (χ3v) is 3.65. The van der Waals surface area contributed by atoms with Crippen LogP contribution >= 0.6 is 22.6 Å². The lowest BCUT2D eigenvalue weighted by molar-refractivity contribution is 0.667. The molecule has 0 radical (unpaired) electrons. The average molecular weight is 361 g/mol. The molecular formula is C15H12IN3. The maximum Gasteiger partial charge on any atom is 0.131 e. The summed E-state index contributed by atoms with van der Waals surface area (Å²) in [6.45, 7) is 0.698. The summed E-state index contributed by atoms with van der Waals surface area (Å²) in [5, 5.41) is 4.55. The smallest absolute Gasteiger partial charge is 0.131 e. The molecule has 0 N–H and O–H groups in total. The molecule has 0 amide bonds. The van der Waals surface area contributed by atoms with E-state index >= 15 is 0 Å². The van der Waals surface area contributed by atoms with E-state index in [1.807, 2.05) is 47.3 Å². The minimum absolute atomic E-state index is 0.698. The predicted octanol–water partition coefficient (Wildman–Crippen LogP) is 3.60. The quantitative estimate of drug-likeness (QED) is 0.668. The van der Waals surface area contributed by atoms with E-state index in [4.69, 9.17) is 0 Å². The molecule has 2 aromatic heterocycles. The lowest BCUT2D eigenvalue weighted by atomic mass is 10.1. The Balaban J connectivity index is 1.90. The van der Waals surface area contributed by atoms with Crippen LogP contribution in [0.4, 0.5) is 0 Å². The van der Waals surface area contributed by atoms with Crippen LogP contribution in [0.1, 0.15) is 5.69 Å². The first-order chi connectivity index (χ1) is 9.33. The Hall–Kier alpha value is -1.69. The third kappa shape index (κ3) is 2.84. The molecule has 3 rings (SSSR count). The SMILES string of the molecule is Ic1nn(Cc2ccccn2)cc1-c1ccccc1. The molecule has 0 spiro atoms. The number of rotatable bonds is 3. The highest BCUT2D eigenvalue weighted by atomic mass is 127. The van der Waals surface area contributed by atoms with Crippen molar-refractivity contribution in [2.45, 2.75) is 6.54 Å². The van der Waals surface area contributed by atoms with Gasteiger partial charge in [-0.1, -0.05) is 36.4 Å². The van der Waals surface area contributed by atoms with Gasteiger partial charge in [0.25, 0.3) is 0 Å². The fourth-order valence-corrected chi connectivity index (χ4v) is 2.68. The zero-order chi connectivity index (χ0) is 13.1. The van der Waals surface area contributed by atoms with E-state index in [1.54, 1.807) is 0 Å². The van der Waals surface area contributed by atoms with Crippen molar-refractivity contribution in [3.63, 3.8) is 0 Å². The van der Waals surface area contributed by atoms with Crippen molar-refractivity contribution in [3.05, 3.63) is 70.3 Å². The predicted molar refractivity (Wildman–Crippen MR) is 83.7 cm³/mol. The van der Waals surface area contributed by atoms with Crippen LogP contribution in [0.15, 0.2) is 60.9 Å². The zero-order valence-corrected chi connectivity index (χ0v) is 12.4. The maximum atomic E-state index is 4.55. The van der Waals surface area contributed by atoms with Crippen molar-refractivity contribution < 1.29 is 0 Å². The van der Waals surface area contributed by atoms with Crippen LogP contribution in [0.5, 0.6) is 0 Å². The van der Waals surface area contributed by atoms with Crippen LogP contribution in [-0.2, 0) is 6.54 Å². The fraction of sp³-hybridized carbons (Fsp3) is 0.0667. The monoisotopic (exact) mass is 361 g/mol. The Kier molecular flexibility index (Phi) is 3.59.